The molecule has 5 nitrogen and oxygen atoms in total. The van der Waals surface area contributed by atoms with Gasteiger partial charge in [0.15, 0.2) is 0 Å². The molecule has 0 unspecified atom stereocenters. The molecule has 5 heteroatoms. The molecule has 1 N–H and O–H groups in total. The Labute approximate surface area is 115 Å². The molecule has 0 aromatic rings. The first-order valence-electron chi connectivity index (χ1n) is 7.10. The number of nitrogens with zero attached hydrogens (tertiary/aromatic N) is 1. The molecule has 0 spiro atoms. The highest BCUT2D eigenvalue weighted by Gasteiger charge is 2.28. The van der Waals surface area contributed by atoms with Crippen molar-refractivity contribution in [2.45, 2.75) is 52.7 Å². The van der Waals surface area contributed by atoms with Crippen LogP contribution in [0, 0.1) is 5.92 Å². The SMILES string of the molecule is CC(C)C[C@H](C)OCCC(=O)N1CCNC(=O)[C@H]1C. The van der Waals surface area contributed by atoms with Gasteiger partial charge in [-0.25, -0.2) is 0 Å². The molecule has 0 radical (unpaired) electrons. The standard InChI is InChI=1S/C14H26N2O3/c1-10(2)9-11(3)19-8-5-13(17)16-7-6-15-14(18)12(16)4/h10-12H,5-9H2,1-4H3,(H,15,18)/t11-,12+/m0/s1. The van der Waals surface area contributed by atoms with Crippen molar-refractivity contribution >= 4 is 11.8 Å². The summed E-state index contributed by atoms with van der Waals surface area (Å²) in [5, 5.41) is 2.75. The van der Waals surface area contributed by atoms with Gasteiger partial charge in [-0.2, -0.15) is 0 Å². The van der Waals surface area contributed by atoms with E-state index in [0.29, 0.717) is 32.0 Å². The summed E-state index contributed by atoms with van der Waals surface area (Å²) in [6.45, 7) is 9.65. The third kappa shape index (κ3) is 5.19. The molecule has 1 aliphatic rings. The molecule has 0 bridgehead atoms. The number of ether oxygens (including phenoxy) is 1. The van der Waals surface area contributed by atoms with Gasteiger partial charge in [-0.3, -0.25) is 9.59 Å². The van der Waals surface area contributed by atoms with Crippen molar-refractivity contribution in [3.05, 3.63) is 0 Å². The van der Waals surface area contributed by atoms with Gasteiger partial charge in [0.1, 0.15) is 6.04 Å². The molecule has 110 valence electrons. The predicted octanol–water partition coefficient (Wildman–Crippen LogP) is 1.17. The van der Waals surface area contributed by atoms with E-state index in [1.54, 1.807) is 11.8 Å². The summed E-state index contributed by atoms with van der Waals surface area (Å²) in [4.78, 5) is 25.1. The van der Waals surface area contributed by atoms with Gasteiger partial charge < -0.3 is 15.0 Å². The molecular formula is C14H26N2O3. The third-order valence-electron chi connectivity index (χ3n) is 3.34. The van der Waals surface area contributed by atoms with Crippen LogP contribution in [0.3, 0.4) is 0 Å². The highest BCUT2D eigenvalue weighted by atomic mass is 16.5. The van der Waals surface area contributed by atoms with Crippen molar-refractivity contribution in [2.75, 3.05) is 19.7 Å². The summed E-state index contributed by atoms with van der Waals surface area (Å²) < 4.78 is 5.63. The van der Waals surface area contributed by atoms with Crippen LogP contribution in [0.25, 0.3) is 0 Å². The fraction of sp³-hybridized carbons (Fsp3) is 0.857. The molecule has 1 aliphatic heterocycles. The van der Waals surface area contributed by atoms with Crippen LogP contribution >= 0.6 is 0 Å². The molecule has 0 aromatic carbocycles. The second kappa shape index (κ2) is 7.48. The van der Waals surface area contributed by atoms with Gasteiger partial charge >= 0.3 is 0 Å². The van der Waals surface area contributed by atoms with Crippen LogP contribution < -0.4 is 5.32 Å². The Balaban J connectivity index is 2.29. The van der Waals surface area contributed by atoms with E-state index in [0.717, 1.165) is 6.42 Å². The quantitative estimate of drug-likeness (QED) is 0.788. The van der Waals surface area contributed by atoms with Crippen molar-refractivity contribution in [1.29, 1.82) is 0 Å². The molecule has 1 heterocycles. The van der Waals surface area contributed by atoms with Crippen molar-refractivity contribution in [3.63, 3.8) is 0 Å². The molecular weight excluding hydrogens is 244 g/mol. The number of hydrogen-bond acceptors (Lipinski definition) is 3. The summed E-state index contributed by atoms with van der Waals surface area (Å²) in [6.07, 6.45) is 1.52. The minimum absolute atomic E-state index is 0.000836. The Morgan fingerprint density at radius 2 is 2.16 bits per heavy atom. The van der Waals surface area contributed by atoms with Gasteiger partial charge in [-0.05, 0) is 26.2 Å². The first-order valence-corrected chi connectivity index (χ1v) is 7.10. The Morgan fingerprint density at radius 1 is 1.47 bits per heavy atom. The van der Waals surface area contributed by atoms with Gasteiger partial charge in [-0.15, -0.1) is 0 Å². The van der Waals surface area contributed by atoms with E-state index in [2.05, 4.69) is 19.2 Å². The fourth-order valence-corrected chi connectivity index (χ4v) is 2.35. The first-order chi connectivity index (χ1) is 8.91. The molecule has 2 amide bonds. The predicted molar refractivity (Wildman–Crippen MR) is 73.7 cm³/mol. The topological polar surface area (TPSA) is 58.6 Å². The van der Waals surface area contributed by atoms with Crippen LogP contribution in [-0.2, 0) is 14.3 Å². The Bertz CT molecular complexity index is 318. The van der Waals surface area contributed by atoms with E-state index in [4.69, 9.17) is 4.74 Å². The van der Waals surface area contributed by atoms with Crippen LogP contribution in [0.1, 0.15) is 40.5 Å². The lowest BCUT2D eigenvalue weighted by atomic mass is 10.1. The van der Waals surface area contributed by atoms with E-state index in [1.807, 2.05) is 6.92 Å². The number of piperazine rings is 1. The lowest BCUT2D eigenvalue weighted by Crippen LogP contribution is -2.56. The second-order valence-electron chi connectivity index (χ2n) is 5.62. The minimum Gasteiger partial charge on any atom is -0.378 e. The maximum atomic E-state index is 12.0. The van der Waals surface area contributed by atoms with Crippen molar-refractivity contribution in [2.24, 2.45) is 5.92 Å². The number of amides is 2. The van der Waals surface area contributed by atoms with E-state index < -0.39 is 0 Å². The van der Waals surface area contributed by atoms with E-state index in [-0.39, 0.29) is 24.0 Å². The smallest absolute Gasteiger partial charge is 0.242 e. The minimum atomic E-state index is -0.366. The number of nitrogens with one attached hydrogen (secondary N) is 1. The van der Waals surface area contributed by atoms with Gasteiger partial charge in [0.05, 0.1) is 19.1 Å². The van der Waals surface area contributed by atoms with Crippen LogP contribution in [0.4, 0.5) is 0 Å². The van der Waals surface area contributed by atoms with Gasteiger partial charge in [0.2, 0.25) is 11.8 Å². The maximum absolute atomic E-state index is 12.0. The molecule has 2 atom stereocenters. The summed E-state index contributed by atoms with van der Waals surface area (Å²) in [7, 11) is 0. The molecule has 0 aliphatic carbocycles. The number of carbonyl (C=O) groups excluding carboxylic acids is 2. The number of carbonyl (C=O) groups is 2. The highest BCUT2D eigenvalue weighted by molar-refractivity contribution is 5.88. The van der Waals surface area contributed by atoms with Gasteiger partial charge in [0, 0.05) is 13.1 Å². The zero-order chi connectivity index (χ0) is 14.4. The number of rotatable bonds is 6. The summed E-state index contributed by atoms with van der Waals surface area (Å²) >= 11 is 0. The lowest BCUT2D eigenvalue weighted by molar-refractivity contribution is -0.143. The highest BCUT2D eigenvalue weighted by Crippen LogP contribution is 2.10. The van der Waals surface area contributed by atoms with Crippen molar-refractivity contribution in [3.8, 4) is 0 Å². The normalized spacial score (nSPS) is 21.4. The van der Waals surface area contributed by atoms with E-state index >= 15 is 0 Å². The maximum Gasteiger partial charge on any atom is 0.242 e. The molecule has 1 fully saturated rings. The molecule has 1 saturated heterocycles. The van der Waals surface area contributed by atoms with Crippen LogP contribution in [0.15, 0.2) is 0 Å². The van der Waals surface area contributed by atoms with Crippen LogP contribution in [0.2, 0.25) is 0 Å². The number of hydrogen-bond donors (Lipinski definition) is 1. The largest absolute Gasteiger partial charge is 0.378 e. The summed E-state index contributed by atoms with van der Waals surface area (Å²) in [5.41, 5.74) is 0. The molecule has 0 aromatic heterocycles. The Hall–Kier alpha value is -1.10. The average Bonchev–Trinajstić information content (AvgIpc) is 2.31. The van der Waals surface area contributed by atoms with Crippen LogP contribution in [0.5, 0.6) is 0 Å². The monoisotopic (exact) mass is 270 g/mol. The molecule has 0 saturated carbocycles. The Kier molecular flexibility index (Phi) is 6.28. The van der Waals surface area contributed by atoms with Crippen molar-refractivity contribution < 1.29 is 14.3 Å². The van der Waals surface area contributed by atoms with E-state index in [9.17, 15) is 9.59 Å². The zero-order valence-corrected chi connectivity index (χ0v) is 12.4. The zero-order valence-electron chi connectivity index (χ0n) is 12.4. The second-order valence-corrected chi connectivity index (χ2v) is 5.62. The van der Waals surface area contributed by atoms with E-state index in [1.165, 1.54) is 0 Å². The molecule has 1 rings (SSSR count). The average molecular weight is 270 g/mol. The first kappa shape index (κ1) is 16.0. The fourth-order valence-electron chi connectivity index (χ4n) is 2.35. The van der Waals surface area contributed by atoms with Gasteiger partial charge in [0.25, 0.3) is 0 Å². The van der Waals surface area contributed by atoms with Gasteiger partial charge in [-0.1, -0.05) is 13.8 Å². The lowest BCUT2D eigenvalue weighted by Gasteiger charge is -2.33. The molecule has 19 heavy (non-hydrogen) atoms. The van der Waals surface area contributed by atoms with Crippen LogP contribution in [-0.4, -0.2) is 48.6 Å². The Morgan fingerprint density at radius 3 is 2.79 bits per heavy atom. The summed E-state index contributed by atoms with van der Waals surface area (Å²) in [6, 6.07) is -0.366. The summed E-state index contributed by atoms with van der Waals surface area (Å²) in [5.74, 6) is 0.518. The third-order valence-corrected chi connectivity index (χ3v) is 3.34. The van der Waals surface area contributed by atoms with Crippen molar-refractivity contribution in [1.82, 2.24) is 10.2 Å².